The molecule has 1 rings (SSSR count). The average molecular weight is 368 g/mol. The van der Waals surface area contributed by atoms with E-state index in [2.05, 4.69) is 33.0 Å². The molecule has 0 unspecified atom stereocenters. The van der Waals surface area contributed by atoms with E-state index in [1.165, 1.54) is 5.56 Å². The van der Waals surface area contributed by atoms with Gasteiger partial charge in [0.25, 0.3) is 5.91 Å². The number of rotatable bonds is 10. The average Bonchev–Trinajstić information content (AvgIpc) is 2.55. The van der Waals surface area contributed by atoms with Crippen LogP contribution < -0.4 is 5.32 Å². The zero-order valence-corrected chi connectivity index (χ0v) is 17.0. The highest BCUT2D eigenvalue weighted by atomic mass is 28.4. The Labute approximate surface area is 155 Å². The second-order valence-corrected chi connectivity index (χ2v) is 11.1. The molecule has 0 saturated carbocycles. The smallest absolute Gasteiger partial charge is 0.340 e. The van der Waals surface area contributed by atoms with Crippen LogP contribution in [0.15, 0.2) is 24.3 Å². The van der Waals surface area contributed by atoms with Crippen molar-refractivity contribution in [2.45, 2.75) is 59.5 Å². The van der Waals surface area contributed by atoms with Crippen molar-refractivity contribution in [2.24, 2.45) is 5.92 Å². The number of hydrogen-bond donors (Lipinski definition) is 1. The van der Waals surface area contributed by atoms with Gasteiger partial charge in [-0.1, -0.05) is 47.3 Å². The number of carbonyl (C=O) groups excluding carboxylic acids is 1. The first-order chi connectivity index (χ1) is 11.3. The van der Waals surface area contributed by atoms with Gasteiger partial charge in [-0.05, 0) is 48.0 Å². The molecule has 0 atom stereocenters. The molecule has 0 aliphatic rings. The Morgan fingerprint density at radius 1 is 1.08 bits per heavy atom. The SMILES string of the molecule is C.CO[Si](CCCNC(=O)c1ccc(CC(C)C)cc1)(OC)C(C)C. The normalized spacial score (nSPS) is 11.5. The Kier molecular flexibility index (Phi) is 10.9. The Morgan fingerprint density at radius 2 is 1.64 bits per heavy atom. The predicted molar refractivity (Wildman–Crippen MR) is 108 cm³/mol. The van der Waals surface area contributed by atoms with E-state index in [-0.39, 0.29) is 13.3 Å². The zero-order valence-electron chi connectivity index (χ0n) is 16.0. The Bertz CT molecular complexity index is 496. The molecule has 0 saturated heterocycles. The van der Waals surface area contributed by atoms with E-state index in [1.54, 1.807) is 14.2 Å². The summed E-state index contributed by atoms with van der Waals surface area (Å²) in [6, 6.07) is 8.78. The molecule has 1 aromatic carbocycles. The van der Waals surface area contributed by atoms with Crippen molar-refractivity contribution >= 4 is 14.5 Å². The van der Waals surface area contributed by atoms with Crippen molar-refractivity contribution in [2.75, 3.05) is 20.8 Å². The molecule has 1 N–H and O–H groups in total. The fourth-order valence-corrected chi connectivity index (χ4v) is 5.71. The van der Waals surface area contributed by atoms with Crippen molar-refractivity contribution in [3.05, 3.63) is 35.4 Å². The third kappa shape index (κ3) is 7.30. The highest BCUT2D eigenvalue weighted by molar-refractivity contribution is 6.68. The first-order valence-corrected chi connectivity index (χ1v) is 10.9. The first kappa shape index (κ1) is 23.8. The minimum atomic E-state index is -2.15. The van der Waals surface area contributed by atoms with E-state index in [0.717, 1.165) is 18.9 Å². The van der Waals surface area contributed by atoms with Crippen LogP contribution in [-0.2, 0) is 15.3 Å². The summed E-state index contributed by atoms with van der Waals surface area (Å²) < 4.78 is 11.4. The highest BCUT2D eigenvalue weighted by Gasteiger charge is 2.38. The Hall–Kier alpha value is -1.17. The van der Waals surface area contributed by atoms with Crippen molar-refractivity contribution in [1.82, 2.24) is 5.32 Å². The first-order valence-electron chi connectivity index (χ1n) is 8.82. The molecule has 0 spiro atoms. The van der Waals surface area contributed by atoms with Crippen LogP contribution in [0, 0.1) is 5.92 Å². The van der Waals surface area contributed by atoms with Gasteiger partial charge < -0.3 is 14.2 Å². The van der Waals surface area contributed by atoms with Crippen LogP contribution in [0.5, 0.6) is 0 Å². The summed E-state index contributed by atoms with van der Waals surface area (Å²) in [5.41, 5.74) is 2.37. The number of nitrogens with one attached hydrogen (secondary N) is 1. The van der Waals surface area contributed by atoms with Crippen LogP contribution in [0.3, 0.4) is 0 Å². The van der Waals surface area contributed by atoms with E-state index in [9.17, 15) is 4.79 Å². The van der Waals surface area contributed by atoms with Crippen LogP contribution in [-0.4, -0.2) is 35.2 Å². The van der Waals surface area contributed by atoms with Crippen molar-refractivity contribution in [3.8, 4) is 0 Å². The molecule has 0 aliphatic carbocycles. The topological polar surface area (TPSA) is 47.6 Å². The summed E-state index contributed by atoms with van der Waals surface area (Å²) >= 11 is 0. The van der Waals surface area contributed by atoms with Crippen LogP contribution >= 0.6 is 0 Å². The van der Waals surface area contributed by atoms with Gasteiger partial charge in [0, 0.05) is 26.3 Å². The molecule has 5 heteroatoms. The number of hydrogen-bond acceptors (Lipinski definition) is 3. The Balaban J connectivity index is 0.00000576. The lowest BCUT2D eigenvalue weighted by Gasteiger charge is -2.31. The molecule has 0 radical (unpaired) electrons. The van der Waals surface area contributed by atoms with Crippen molar-refractivity contribution in [1.29, 1.82) is 0 Å². The molecular weight excluding hydrogens is 330 g/mol. The maximum atomic E-state index is 12.2. The molecule has 4 nitrogen and oxygen atoms in total. The Morgan fingerprint density at radius 3 is 2.08 bits per heavy atom. The molecule has 144 valence electrons. The van der Waals surface area contributed by atoms with Gasteiger partial charge in [0.1, 0.15) is 0 Å². The molecule has 0 bridgehead atoms. The van der Waals surface area contributed by atoms with Crippen molar-refractivity contribution < 1.29 is 13.6 Å². The number of amides is 1. The lowest BCUT2D eigenvalue weighted by Crippen LogP contribution is -2.43. The van der Waals surface area contributed by atoms with E-state index in [1.807, 2.05) is 24.3 Å². The summed E-state index contributed by atoms with van der Waals surface area (Å²) in [4.78, 5) is 12.2. The van der Waals surface area contributed by atoms with E-state index < -0.39 is 8.56 Å². The van der Waals surface area contributed by atoms with Crippen LogP contribution in [0.2, 0.25) is 11.6 Å². The van der Waals surface area contributed by atoms with E-state index >= 15 is 0 Å². The molecule has 0 aromatic heterocycles. The molecule has 25 heavy (non-hydrogen) atoms. The maximum Gasteiger partial charge on any atom is 0.340 e. The third-order valence-electron chi connectivity index (χ3n) is 4.42. The van der Waals surface area contributed by atoms with Gasteiger partial charge >= 0.3 is 8.56 Å². The number of benzene rings is 1. The van der Waals surface area contributed by atoms with Crippen LogP contribution in [0.4, 0.5) is 0 Å². The van der Waals surface area contributed by atoms with Gasteiger partial charge in [0.2, 0.25) is 0 Å². The van der Waals surface area contributed by atoms with Crippen molar-refractivity contribution in [3.63, 3.8) is 0 Å². The minimum absolute atomic E-state index is 0. The monoisotopic (exact) mass is 367 g/mol. The molecule has 0 heterocycles. The second kappa shape index (κ2) is 11.4. The zero-order chi connectivity index (χ0) is 18.2. The largest absolute Gasteiger partial charge is 0.397 e. The van der Waals surface area contributed by atoms with Gasteiger partial charge in [0.15, 0.2) is 0 Å². The summed E-state index contributed by atoms with van der Waals surface area (Å²) in [6.07, 6.45) is 1.90. The van der Waals surface area contributed by atoms with Crippen LogP contribution in [0.1, 0.15) is 57.5 Å². The fraction of sp³-hybridized carbons (Fsp3) is 0.650. The summed E-state index contributed by atoms with van der Waals surface area (Å²) in [5, 5.41) is 2.99. The van der Waals surface area contributed by atoms with Gasteiger partial charge in [-0.25, -0.2) is 0 Å². The lowest BCUT2D eigenvalue weighted by atomic mass is 10.0. The quantitative estimate of drug-likeness (QED) is 0.478. The predicted octanol–water partition coefficient (Wildman–Crippen LogP) is 4.79. The van der Waals surface area contributed by atoms with E-state index in [4.69, 9.17) is 8.85 Å². The van der Waals surface area contributed by atoms with Crippen LogP contribution in [0.25, 0.3) is 0 Å². The summed E-state index contributed by atoms with van der Waals surface area (Å²) in [6.45, 7) is 9.30. The van der Waals surface area contributed by atoms with Gasteiger partial charge in [-0.2, -0.15) is 0 Å². The second-order valence-electron chi connectivity index (χ2n) is 7.03. The minimum Gasteiger partial charge on any atom is -0.397 e. The molecule has 0 fully saturated rings. The molecule has 1 amide bonds. The van der Waals surface area contributed by atoms with Gasteiger partial charge in [-0.15, -0.1) is 0 Å². The fourth-order valence-electron chi connectivity index (χ4n) is 2.95. The maximum absolute atomic E-state index is 12.2. The lowest BCUT2D eigenvalue weighted by molar-refractivity contribution is 0.0953. The molecular formula is C20H37NO3Si. The summed E-state index contributed by atoms with van der Waals surface area (Å²) in [5.74, 6) is 0.606. The van der Waals surface area contributed by atoms with Gasteiger partial charge in [0.05, 0.1) is 0 Å². The standard InChI is InChI=1S/C19H33NO3Si.CH4/c1-15(2)14-17-8-10-18(11-9-17)19(21)20-12-7-13-24(22-5,23-6)16(3)4;/h8-11,15-16H,7,12-14H2,1-6H3,(H,20,21);1H4. The van der Waals surface area contributed by atoms with Gasteiger partial charge in [-0.3, -0.25) is 4.79 Å². The molecule has 0 aliphatic heterocycles. The summed E-state index contributed by atoms with van der Waals surface area (Å²) in [7, 11) is 1.31. The third-order valence-corrected chi connectivity index (χ3v) is 8.61. The highest BCUT2D eigenvalue weighted by Crippen LogP contribution is 2.27. The van der Waals surface area contributed by atoms with E-state index in [0.29, 0.717) is 23.6 Å². The molecule has 1 aromatic rings. The number of carbonyl (C=O) groups is 1.